The van der Waals surface area contributed by atoms with Gasteiger partial charge in [-0.3, -0.25) is 0 Å². The van der Waals surface area contributed by atoms with Gasteiger partial charge in [-0.25, -0.2) is 18.0 Å². The molecule has 70 valence electrons. The fourth-order valence-electron chi connectivity index (χ4n) is 0.746. The van der Waals surface area contributed by atoms with Crippen LogP contribution in [-0.4, -0.2) is 11.1 Å². The smallest absolute Gasteiger partial charge is 0.338 e. The number of thiol groups is 1. The van der Waals surface area contributed by atoms with Crippen molar-refractivity contribution < 1.29 is 23.1 Å². The standard InChI is InChI=1S/C7H3F3O2S/c8-3-1-2(7(11)12)4(9)6(13)5(3)10/h1,13H,(H,11,12). The van der Waals surface area contributed by atoms with Gasteiger partial charge in [-0.15, -0.1) is 12.6 Å². The lowest BCUT2D eigenvalue weighted by molar-refractivity contribution is 0.0690. The first-order valence-corrected chi connectivity index (χ1v) is 3.49. The monoisotopic (exact) mass is 208 g/mol. The fraction of sp³-hybridized carbons (Fsp3) is 0. The molecule has 1 aromatic carbocycles. The normalized spacial score (nSPS) is 10.2. The highest BCUT2D eigenvalue weighted by molar-refractivity contribution is 7.80. The number of rotatable bonds is 1. The van der Waals surface area contributed by atoms with Gasteiger partial charge in [0.05, 0.1) is 10.5 Å². The molecule has 0 aliphatic carbocycles. The summed E-state index contributed by atoms with van der Waals surface area (Å²) >= 11 is 3.29. The third-order valence-electron chi connectivity index (χ3n) is 1.36. The van der Waals surface area contributed by atoms with Crippen molar-refractivity contribution >= 4 is 18.6 Å². The largest absolute Gasteiger partial charge is 0.478 e. The number of halogens is 3. The van der Waals surface area contributed by atoms with Gasteiger partial charge in [-0.2, -0.15) is 0 Å². The van der Waals surface area contributed by atoms with E-state index in [2.05, 4.69) is 12.6 Å². The zero-order valence-corrected chi connectivity index (χ0v) is 6.91. The van der Waals surface area contributed by atoms with Crippen molar-refractivity contribution in [3.05, 3.63) is 29.1 Å². The molecule has 1 rings (SSSR count). The van der Waals surface area contributed by atoms with Gasteiger partial charge in [-0.05, 0) is 6.07 Å². The van der Waals surface area contributed by atoms with Crippen LogP contribution >= 0.6 is 12.6 Å². The lowest BCUT2D eigenvalue weighted by Gasteiger charge is -2.02. The molecule has 0 aliphatic heterocycles. The Hall–Kier alpha value is -1.17. The minimum absolute atomic E-state index is 0.271. The van der Waals surface area contributed by atoms with E-state index in [1.54, 1.807) is 0 Å². The average Bonchev–Trinajstić information content (AvgIpc) is 2.07. The van der Waals surface area contributed by atoms with Crippen LogP contribution in [-0.2, 0) is 0 Å². The van der Waals surface area contributed by atoms with Crippen LogP contribution in [0.15, 0.2) is 11.0 Å². The Bertz CT molecular complexity index is 378. The molecule has 0 aromatic heterocycles. The first kappa shape index (κ1) is 9.91. The van der Waals surface area contributed by atoms with E-state index in [4.69, 9.17) is 5.11 Å². The molecule has 0 spiro atoms. The lowest BCUT2D eigenvalue weighted by Crippen LogP contribution is -2.04. The molecule has 0 unspecified atom stereocenters. The van der Waals surface area contributed by atoms with E-state index in [0.29, 0.717) is 0 Å². The maximum atomic E-state index is 12.8. The van der Waals surface area contributed by atoms with Crippen LogP contribution in [0.3, 0.4) is 0 Å². The first-order valence-electron chi connectivity index (χ1n) is 3.05. The molecule has 0 saturated heterocycles. The summed E-state index contributed by atoms with van der Waals surface area (Å²) in [6, 6.07) is 0.271. The van der Waals surface area contributed by atoms with Gasteiger partial charge in [0, 0.05) is 0 Å². The fourth-order valence-corrected chi connectivity index (χ4v) is 0.973. The molecule has 1 aromatic rings. The number of carboxylic acids is 1. The Morgan fingerprint density at radius 2 is 1.85 bits per heavy atom. The predicted octanol–water partition coefficient (Wildman–Crippen LogP) is 2.09. The van der Waals surface area contributed by atoms with Crippen molar-refractivity contribution in [1.82, 2.24) is 0 Å². The van der Waals surface area contributed by atoms with Gasteiger partial charge in [-0.1, -0.05) is 0 Å². The molecule has 0 fully saturated rings. The van der Waals surface area contributed by atoms with Gasteiger partial charge >= 0.3 is 5.97 Å². The van der Waals surface area contributed by atoms with Crippen molar-refractivity contribution in [2.75, 3.05) is 0 Å². The molecule has 13 heavy (non-hydrogen) atoms. The summed E-state index contributed by atoms with van der Waals surface area (Å²) in [5, 5.41) is 8.34. The maximum Gasteiger partial charge on any atom is 0.338 e. The number of carbonyl (C=O) groups is 1. The summed E-state index contributed by atoms with van der Waals surface area (Å²) in [6.07, 6.45) is 0. The van der Waals surface area contributed by atoms with Crippen molar-refractivity contribution in [2.24, 2.45) is 0 Å². The van der Waals surface area contributed by atoms with Crippen LogP contribution < -0.4 is 0 Å². The molecular formula is C7H3F3O2S. The van der Waals surface area contributed by atoms with E-state index < -0.39 is 33.9 Å². The van der Waals surface area contributed by atoms with Gasteiger partial charge in [0.25, 0.3) is 0 Å². The number of benzene rings is 1. The highest BCUT2D eigenvalue weighted by atomic mass is 32.1. The second-order valence-corrected chi connectivity index (χ2v) is 2.63. The zero-order valence-electron chi connectivity index (χ0n) is 6.01. The van der Waals surface area contributed by atoms with Crippen molar-refractivity contribution in [3.8, 4) is 0 Å². The summed E-state index contributed by atoms with van der Waals surface area (Å²) < 4.78 is 37.9. The zero-order chi connectivity index (χ0) is 10.2. The Kier molecular flexibility index (Phi) is 2.51. The van der Waals surface area contributed by atoms with Crippen LogP contribution in [0.5, 0.6) is 0 Å². The second-order valence-electron chi connectivity index (χ2n) is 2.19. The quantitative estimate of drug-likeness (QED) is 0.547. The van der Waals surface area contributed by atoms with Crippen LogP contribution in [0.25, 0.3) is 0 Å². The third-order valence-corrected chi connectivity index (χ3v) is 1.76. The summed E-state index contributed by atoms with van der Waals surface area (Å²) in [7, 11) is 0. The summed E-state index contributed by atoms with van der Waals surface area (Å²) in [5.41, 5.74) is -0.941. The molecule has 0 saturated carbocycles. The summed E-state index contributed by atoms with van der Waals surface area (Å²) in [6.45, 7) is 0. The summed E-state index contributed by atoms with van der Waals surface area (Å²) in [4.78, 5) is 9.34. The lowest BCUT2D eigenvalue weighted by atomic mass is 10.2. The average molecular weight is 208 g/mol. The molecule has 0 heterocycles. The molecule has 2 nitrogen and oxygen atoms in total. The van der Waals surface area contributed by atoms with Crippen molar-refractivity contribution in [3.63, 3.8) is 0 Å². The minimum atomic E-state index is -1.67. The van der Waals surface area contributed by atoms with Crippen molar-refractivity contribution in [2.45, 2.75) is 4.90 Å². The Balaban J connectivity index is 3.50. The minimum Gasteiger partial charge on any atom is -0.478 e. The number of hydrogen-bond acceptors (Lipinski definition) is 2. The topological polar surface area (TPSA) is 37.3 Å². The Labute approximate surface area is 76.4 Å². The van der Waals surface area contributed by atoms with Crippen LogP contribution in [0.1, 0.15) is 10.4 Å². The maximum absolute atomic E-state index is 12.8. The van der Waals surface area contributed by atoms with E-state index in [0.717, 1.165) is 0 Å². The third kappa shape index (κ3) is 1.62. The number of carboxylic acid groups (broad SMARTS) is 1. The molecular weight excluding hydrogens is 205 g/mol. The Morgan fingerprint density at radius 3 is 2.31 bits per heavy atom. The molecule has 6 heteroatoms. The second kappa shape index (κ2) is 3.29. The van der Waals surface area contributed by atoms with Gasteiger partial charge in [0.1, 0.15) is 0 Å². The van der Waals surface area contributed by atoms with Crippen LogP contribution in [0, 0.1) is 17.5 Å². The highest BCUT2D eigenvalue weighted by Crippen LogP contribution is 2.22. The van der Waals surface area contributed by atoms with Gasteiger partial charge in [0.2, 0.25) is 0 Å². The Morgan fingerprint density at radius 1 is 1.31 bits per heavy atom. The highest BCUT2D eigenvalue weighted by Gasteiger charge is 2.19. The van der Waals surface area contributed by atoms with E-state index in [1.165, 1.54) is 0 Å². The van der Waals surface area contributed by atoms with E-state index >= 15 is 0 Å². The molecule has 0 bridgehead atoms. The van der Waals surface area contributed by atoms with E-state index in [1.807, 2.05) is 0 Å². The first-order chi connectivity index (χ1) is 5.95. The molecule has 1 N–H and O–H groups in total. The predicted molar refractivity (Wildman–Crippen MR) is 40.5 cm³/mol. The van der Waals surface area contributed by atoms with Crippen molar-refractivity contribution in [1.29, 1.82) is 0 Å². The molecule has 0 radical (unpaired) electrons. The summed E-state index contributed by atoms with van der Waals surface area (Å²) in [5.74, 6) is -5.99. The molecule has 0 atom stereocenters. The van der Waals surface area contributed by atoms with Crippen LogP contribution in [0.4, 0.5) is 13.2 Å². The SMILES string of the molecule is O=C(O)c1cc(F)c(F)c(S)c1F. The van der Waals surface area contributed by atoms with E-state index in [-0.39, 0.29) is 6.07 Å². The molecule has 0 aliphatic rings. The number of hydrogen-bond donors (Lipinski definition) is 2. The van der Waals surface area contributed by atoms with Gasteiger partial charge in [0.15, 0.2) is 17.5 Å². The molecule has 0 amide bonds. The van der Waals surface area contributed by atoms with E-state index in [9.17, 15) is 18.0 Å². The number of aromatic carboxylic acids is 1. The van der Waals surface area contributed by atoms with Gasteiger partial charge < -0.3 is 5.11 Å². The van der Waals surface area contributed by atoms with Crippen LogP contribution in [0.2, 0.25) is 0 Å².